The van der Waals surface area contributed by atoms with E-state index in [1.54, 1.807) is 11.1 Å². The summed E-state index contributed by atoms with van der Waals surface area (Å²) in [7, 11) is 0. The van der Waals surface area contributed by atoms with Gasteiger partial charge in [-0.25, -0.2) is 4.98 Å². The summed E-state index contributed by atoms with van der Waals surface area (Å²) < 4.78 is 6.79. The molecule has 0 bridgehead atoms. The number of aryl methyl sites for hydroxylation is 1. The number of halogens is 1. The van der Waals surface area contributed by atoms with Crippen molar-refractivity contribution in [3.63, 3.8) is 0 Å². The Bertz CT molecular complexity index is 869. The molecule has 2 aromatic rings. The van der Waals surface area contributed by atoms with Gasteiger partial charge in [0.2, 0.25) is 17.7 Å². The van der Waals surface area contributed by atoms with Crippen LogP contribution in [0.2, 0.25) is 0 Å². The average Bonchev–Trinajstić information content (AvgIpc) is 3.31. The van der Waals surface area contributed by atoms with E-state index >= 15 is 0 Å². The third kappa shape index (κ3) is 4.04. The summed E-state index contributed by atoms with van der Waals surface area (Å²) in [6, 6.07) is 11.5. The van der Waals surface area contributed by atoms with Crippen molar-refractivity contribution >= 4 is 33.4 Å². The standard InChI is InChI=1S/C21H22BrN3O3/c1-14-2-5-17(6-3-14)25-12-15(10-20(25)26)21(27)24-9-8-18(13-24)28-19-7-4-16(22)11-23-19/h2-7,11,15,18H,8-10,12-13H2,1H3. The Morgan fingerprint density at radius 3 is 2.68 bits per heavy atom. The Kier molecular flexibility index (Phi) is 5.35. The molecular formula is C21H22BrN3O3. The van der Waals surface area contributed by atoms with Gasteiger partial charge < -0.3 is 14.5 Å². The number of likely N-dealkylation sites (tertiary alicyclic amines) is 1. The van der Waals surface area contributed by atoms with Crippen LogP contribution in [-0.2, 0) is 9.59 Å². The number of pyridine rings is 1. The van der Waals surface area contributed by atoms with E-state index in [0.29, 0.717) is 25.5 Å². The van der Waals surface area contributed by atoms with Crippen molar-refractivity contribution < 1.29 is 14.3 Å². The van der Waals surface area contributed by atoms with Gasteiger partial charge in [-0.15, -0.1) is 0 Å². The normalized spacial score (nSPS) is 22.0. The molecule has 2 unspecified atom stereocenters. The second-order valence-electron chi connectivity index (χ2n) is 7.37. The van der Waals surface area contributed by atoms with E-state index in [0.717, 1.165) is 22.1 Å². The first-order valence-corrected chi connectivity index (χ1v) is 10.2. The molecular weight excluding hydrogens is 422 g/mol. The van der Waals surface area contributed by atoms with E-state index in [-0.39, 0.29) is 30.3 Å². The van der Waals surface area contributed by atoms with Crippen LogP contribution in [0.1, 0.15) is 18.4 Å². The van der Waals surface area contributed by atoms with Crippen molar-refractivity contribution in [3.8, 4) is 5.88 Å². The Morgan fingerprint density at radius 2 is 1.96 bits per heavy atom. The summed E-state index contributed by atoms with van der Waals surface area (Å²) in [6.07, 6.45) is 2.66. The molecule has 1 aromatic carbocycles. The predicted molar refractivity (Wildman–Crippen MR) is 109 cm³/mol. The molecule has 6 nitrogen and oxygen atoms in total. The minimum atomic E-state index is -0.293. The van der Waals surface area contributed by atoms with Gasteiger partial charge in [-0.1, -0.05) is 17.7 Å². The average molecular weight is 444 g/mol. The van der Waals surface area contributed by atoms with Crippen molar-refractivity contribution in [1.29, 1.82) is 0 Å². The predicted octanol–water partition coefficient (Wildman–Crippen LogP) is 3.19. The van der Waals surface area contributed by atoms with Crippen LogP contribution in [0.3, 0.4) is 0 Å². The van der Waals surface area contributed by atoms with E-state index in [4.69, 9.17) is 4.74 Å². The van der Waals surface area contributed by atoms with Crippen LogP contribution < -0.4 is 9.64 Å². The molecule has 3 heterocycles. The number of hydrogen-bond donors (Lipinski definition) is 0. The smallest absolute Gasteiger partial charge is 0.228 e. The van der Waals surface area contributed by atoms with Crippen LogP contribution >= 0.6 is 15.9 Å². The fourth-order valence-electron chi connectivity index (χ4n) is 3.73. The van der Waals surface area contributed by atoms with Crippen molar-refractivity contribution in [2.45, 2.75) is 25.9 Å². The Hall–Kier alpha value is -2.41. The number of rotatable bonds is 4. The van der Waals surface area contributed by atoms with Crippen molar-refractivity contribution in [2.24, 2.45) is 5.92 Å². The lowest BCUT2D eigenvalue weighted by atomic mass is 10.1. The highest BCUT2D eigenvalue weighted by molar-refractivity contribution is 9.10. The molecule has 7 heteroatoms. The Balaban J connectivity index is 1.35. The van der Waals surface area contributed by atoms with Gasteiger partial charge in [-0.2, -0.15) is 0 Å². The monoisotopic (exact) mass is 443 g/mol. The van der Waals surface area contributed by atoms with Gasteiger partial charge in [0.25, 0.3) is 0 Å². The number of benzene rings is 1. The van der Waals surface area contributed by atoms with Gasteiger partial charge in [0.15, 0.2) is 0 Å². The van der Waals surface area contributed by atoms with Crippen molar-refractivity contribution in [1.82, 2.24) is 9.88 Å². The molecule has 4 rings (SSSR count). The number of carbonyl (C=O) groups excluding carboxylic acids is 2. The highest BCUT2D eigenvalue weighted by atomic mass is 79.9. The zero-order chi connectivity index (χ0) is 19.7. The lowest BCUT2D eigenvalue weighted by Gasteiger charge is -2.21. The molecule has 1 aromatic heterocycles. The Morgan fingerprint density at radius 1 is 1.18 bits per heavy atom. The molecule has 2 atom stereocenters. The maximum absolute atomic E-state index is 12.9. The summed E-state index contributed by atoms with van der Waals surface area (Å²) >= 11 is 3.35. The Labute approximate surface area is 172 Å². The topological polar surface area (TPSA) is 62.7 Å². The van der Waals surface area contributed by atoms with Gasteiger partial charge in [0, 0.05) is 48.4 Å². The maximum atomic E-state index is 12.9. The summed E-state index contributed by atoms with van der Waals surface area (Å²) in [5.41, 5.74) is 2.00. The highest BCUT2D eigenvalue weighted by Gasteiger charge is 2.39. The maximum Gasteiger partial charge on any atom is 0.228 e. The minimum absolute atomic E-state index is 0.00765. The first-order valence-electron chi connectivity index (χ1n) is 9.43. The zero-order valence-corrected chi connectivity index (χ0v) is 17.3. The molecule has 2 aliphatic heterocycles. The van der Waals surface area contributed by atoms with E-state index in [1.165, 1.54) is 0 Å². The lowest BCUT2D eigenvalue weighted by Crippen LogP contribution is -2.37. The highest BCUT2D eigenvalue weighted by Crippen LogP contribution is 2.28. The van der Waals surface area contributed by atoms with Crippen LogP contribution in [0, 0.1) is 12.8 Å². The molecule has 2 saturated heterocycles. The number of hydrogen-bond acceptors (Lipinski definition) is 4. The van der Waals surface area contributed by atoms with E-state index in [1.807, 2.05) is 48.2 Å². The van der Waals surface area contributed by atoms with Crippen LogP contribution in [0.25, 0.3) is 0 Å². The van der Waals surface area contributed by atoms with Crippen LogP contribution in [0.4, 0.5) is 5.69 Å². The van der Waals surface area contributed by atoms with Gasteiger partial charge in [0.05, 0.1) is 12.5 Å². The van der Waals surface area contributed by atoms with Crippen LogP contribution in [-0.4, -0.2) is 47.4 Å². The quantitative estimate of drug-likeness (QED) is 0.727. The van der Waals surface area contributed by atoms with E-state index < -0.39 is 0 Å². The fourth-order valence-corrected chi connectivity index (χ4v) is 3.97. The lowest BCUT2D eigenvalue weighted by molar-refractivity contribution is -0.135. The first-order chi connectivity index (χ1) is 13.5. The molecule has 146 valence electrons. The summed E-state index contributed by atoms with van der Waals surface area (Å²) in [5, 5.41) is 0. The molecule has 0 N–H and O–H groups in total. The largest absolute Gasteiger partial charge is 0.472 e. The van der Waals surface area contributed by atoms with Crippen molar-refractivity contribution in [2.75, 3.05) is 24.5 Å². The minimum Gasteiger partial charge on any atom is -0.472 e. The van der Waals surface area contributed by atoms with Crippen LogP contribution in [0.5, 0.6) is 5.88 Å². The molecule has 0 saturated carbocycles. The molecule has 0 radical (unpaired) electrons. The SMILES string of the molecule is Cc1ccc(N2CC(C(=O)N3CCC(Oc4ccc(Br)cn4)C3)CC2=O)cc1. The van der Waals surface area contributed by atoms with E-state index in [9.17, 15) is 9.59 Å². The van der Waals surface area contributed by atoms with E-state index in [2.05, 4.69) is 20.9 Å². The number of anilines is 1. The second-order valence-corrected chi connectivity index (χ2v) is 8.28. The number of amides is 2. The molecule has 2 amide bonds. The number of aromatic nitrogens is 1. The third-order valence-electron chi connectivity index (χ3n) is 5.26. The number of ether oxygens (including phenoxy) is 1. The van der Waals surface area contributed by atoms with Gasteiger partial charge in [0.1, 0.15) is 6.10 Å². The summed E-state index contributed by atoms with van der Waals surface area (Å²) in [4.78, 5) is 33.1. The van der Waals surface area contributed by atoms with Gasteiger partial charge in [-0.05, 0) is 41.1 Å². The molecule has 2 fully saturated rings. The van der Waals surface area contributed by atoms with Crippen LogP contribution in [0.15, 0.2) is 47.1 Å². The first kappa shape index (κ1) is 18.9. The second kappa shape index (κ2) is 7.91. The zero-order valence-electron chi connectivity index (χ0n) is 15.7. The molecule has 0 spiro atoms. The van der Waals surface area contributed by atoms with Crippen molar-refractivity contribution in [3.05, 3.63) is 52.6 Å². The van der Waals surface area contributed by atoms with Gasteiger partial charge in [-0.3, -0.25) is 9.59 Å². The summed E-state index contributed by atoms with van der Waals surface area (Å²) in [5.74, 6) is 0.313. The molecule has 0 aliphatic carbocycles. The number of nitrogens with zero attached hydrogens (tertiary/aromatic N) is 3. The molecule has 2 aliphatic rings. The van der Waals surface area contributed by atoms with Gasteiger partial charge >= 0.3 is 0 Å². The fraction of sp³-hybridized carbons (Fsp3) is 0.381. The third-order valence-corrected chi connectivity index (χ3v) is 5.73. The molecule has 28 heavy (non-hydrogen) atoms. The number of carbonyl (C=O) groups is 2. The summed E-state index contributed by atoms with van der Waals surface area (Å²) in [6.45, 7) is 3.63.